The minimum absolute atomic E-state index is 0.0413. The second-order valence-electron chi connectivity index (χ2n) is 6.09. The van der Waals surface area contributed by atoms with Crippen molar-refractivity contribution in [2.24, 2.45) is 5.92 Å². The zero-order chi connectivity index (χ0) is 16.2. The van der Waals surface area contributed by atoms with E-state index in [9.17, 15) is 4.79 Å². The standard InChI is InChI=1S/C19H21NO3/c1-20(12-18(21)22)11-15-13-23-17-10-6-5-9-16(17)19(15)14-7-3-2-4-8-14/h2-10,15,19H,11-13H2,1H3,(H,21,22)/t15-,19-/m1/s1. The minimum atomic E-state index is -0.805. The fraction of sp³-hybridized carbons (Fsp3) is 0.316. The summed E-state index contributed by atoms with van der Waals surface area (Å²) in [5.74, 6) is 0.563. The lowest BCUT2D eigenvalue weighted by Crippen LogP contribution is -2.38. The first kappa shape index (κ1) is 15.6. The Kier molecular flexibility index (Phi) is 4.63. The molecule has 23 heavy (non-hydrogen) atoms. The van der Waals surface area contributed by atoms with E-state index in [0.29, 0.717) is 13.2 Å². The first-order valence-corrected chi connectivity index (χ1v) is 7.82. The molecule has 1 heterocycles. The number of carbonyl (C=O) groups is 1. The molecular formula is C19H21NO3. The maximum atomic E-state index is 10.9. The third kappa shape index (κ3) is 3.54. The average Bonchev–Trinajstić information content (AvgIpc) is 2.54. The number of rotatable bonds is 5. The molecule has 3 rings (SSSR count). The Labute approximate surface area is 136 Å². The molecule has 1 N–H and O–H groups in total. The molecule has 1 aliphatic heterocycles. The Morgan fingerprint density at radius 2 is 1.87 bits per heavy atom. The van der Waals surface area contributed by atoms with Gasteiger partial charge in [-0.05, 0) is 18.7 Å². The largest absolute Gasteiger partial charge is 0.493 e. The summed E-state index contributed by atoms with van der Waals surface area (Å²) in [6, 6.07) is 18.5. The number of para-hydroxylation sites is 1. The number of carboxylic acid groups (broad SMARTS) is 1. The molecule has 4 heteroatoms. The molecule has 0 amide bonds. The molecule has 0 aromatic heterocycles. The smallest absolute Gasteiger partial charge is 0.317 e. The summed E-state index contributed by atoms with van der Waals surface area (Å²) in [4.78, 5) is 12.8. The molecule has 0 bridgehead atoms. The second kappa shape index (κ2) is 6.84. The number of hydrogen-bond acceptors (Lipinski definition) is 3. The van der Waals surface area contributed by atoms with Gasteiger partial charge in [0.15, 0.2) is 0 Å². The molecule has 0 aliphatic carbocycles. The van der Waals surface area contributed by atoms with Crippen LogP contribution in [0.2, 0.25) is 0 Å². The van der Waals surface area contributed by atoms with Crippen LogP contribution in [0.4, 0.5) is 0 Å². The number of hydrogen-bond donors (Lipinski definition) is 1. The molecule has 0 saturated heterocycles. The van der Waals surface area contributed by atoms with Crippen molar-refractivity contribution in [3.05, 3.63) is 65.7 Å². The first-order chi connectivity index (χ1) is 11.1. The molecule has 0 radical (unpaired) electrons. The van der Waals surface area contributed by atoms with Crippen molar-refractivity contribution in [3.63, 3.8) is 0 Å². The maximum absolute atomic E-state index is 10.9. The van der Waals surface area contributed by atoms with Gasteiger partial charge in [0.2, 0.25) is 0 Å². The fourth-order valence-corrected chi connectivity index (χ4v) is 3.38. The quantitative estimate of drug-likeness (QED) is 0.922. The number of nitrogens with zero attached hydrogens (tertiary/aromatic N) is 1. The molecule has 2 atom stereocenters. The highest BCUT2D eigenvalue weighted by Gasteiger charge is 2.32. The molecule has 0 spiro atoms. The fourth-order valence-electron chi connectivity index (χ4n) is 3.38. The van der Waals surface area contributed by atoms with Crippen molar-refractivity contribution in [2.75, 3.05) is 26.7 Å². The lowest BCUT2D eigenvalue weighted by Gasteiger charge is -2.36. The van der Waals surface area contributed by atoms with E-state index in [1.165, 1.54) is 11.1 Å². The molecule has 2 aromatic carbocycles. The Morgan fingerprint density at radius 3 is 2.61 bits per heavy atom. The lowest BCUT2D eigenvalue weighted by molar-refractivity contribution is -0.138. The van der Waals surface area contributed by atoms with Crippen LogP contribution in [-0.2, 0) is 4.79 Å². The van der Waals surface area contributed by atoms with Crippen molar-refractivity contribution < 1.29 is 14.6 Å². The van der Waals surface area contributed by atoms with E-state index in [4.69, 9.17) is 9.84 Å². The van der Waals surface area contributed by atoms with Gasteiger partial charge < -0.3 is 9.84 Å². The number of fused-ring (bicyclic) bond motifs is 1. The summed E-state index contributed by atoms with van der Waals surface area (Å²) < 4.78 is 5.92. The number of benzene rings is 2. The Morgan fingerprint density at radius 1 is 1.17 bits per heavy atom. The summed E-state index contributed by atoms with van der Waals surface area (Å²) in [7, 11) is 1.84. The van der Waals surface area contributed by atoms with Crippen LogP contribution in [0.15, 0.2) is 54.6 Å². The van der Waals surface area contributed by atoms with Crippen molar-refractivity contribution in [2.45, 2.75) is 5.92 Å². The molecule has 4 nitrogen and oxygen atoms in total. The van der Waals surface area contributed by atoms with E-state index >= 15 is 0 Å². The van der Waals surface area contributed by atoms with Crippen LogP contribution in [0.25, 0.3) is 0 Å². The van der Waals surface area contributed by atoms with Gasteiger partial charge >= 0.3 is 5.97 Å². The molecule has 1 aliphatic rings. The summed E-state index contributed by atoms with van der Waals surface area (Å²) in [6.45, 7) is 1.32. The van der Waals surface area contributed by atoms with E-state index in [1.54, 1.807) is 0 Å². The monoisotopic (exact) mass is 311 g/mol. The van der Waals surface area contributed by atoms with E-state index in [2.05, 4.69) is 18.2 Å². The zero-order valence-electron chi connectivity index (χ0n) is 13.2. The molecule has 120 valence electrons. The molecular weight excluding hydrogens is 290 g/mol. The van der Waals surface area contributed by atoms with Crippen molar-refractivity contribution >= 4 is 5.97 Å². The number of likely N-dealkylation sites (N-methyl/N-ethyl adjacent to an activating group) is 1. The van der Waals surface area contributed by atoms with Gasteiger partial charge in [0.05, 0.1) is 13.2 Å². The Hall–Kier alpha value is -2.33. The normalized spacial score (nSPS) is 19.9. The van der Waals surface area contributed by atoms with E-state index in [0.717, 1.165) is 5.75 Å². The topological polar surface area (TPSA) is 49.8 Å². The third-order valence-electron chi connectivity index (χ3n) is 4.29. The predicted molar refractivity (Wildman–Crippen MR) is 88.8 cm³/mol. The van der Waals surface area contributed by atoms with Crippen LogP contribution in [0, 0.1) is 5.92 Å². The Bertz CT molecular complexity index is 671. The summed E-state index contributed by atoms with van der Waals surface area (Å²) in [6.07, 6.45) is 0. The highest BCUT2D eigenvalue weighted by atomic mass is 16.5. The van der Waals surface area contributed by atoms with Gasteiger partial charge in [-0.15, -0.1) is 0 Å². The maximum Gasteiger partial charge on any atom is 0.317 e. The highest BCUT2D eigenvalue weighted by molar-refractivity contribution is 5.69. The first-order valence-electron chi connectivity index (χ1n) is 7.82. The highest BCUT2D eigenvalue weighted by Crippen LogP contribution is 2.41. The number of ether oxygens (including phenoxy) is 1. The summed E-state index contributed by atoms with van der Waals surface area (Å²) >= 11 is 0. The van der Waals surface area contributed by atoms with Crippen LogP contribution in [0.5, 0.6) is 5.75 Å². The van der Waals surface area contributed by atoms with Crippen LogP contribution in [0.3, 0.4) is 0 Å². The lowest BCUT2D eigenvalue weighted by atomic mass is 9.79. The number of aliphatic carboxylic acids is 1. The van der Waals surface area contributed by atoms with Gasteiger partial charge in [-0.3, -0.25) is 9.69 Å². The number of carboxylic acids is 1. The van der Waals surface area contributed by atoms with E-state index < -0.39 is 5.97 Å². The summed E-state index contributed by atoms with van der Waals surface area (Å²) in [5.41, 5.74) is 2.43. The van der Waals surface area contributed by atoms with Gasteiger partial charge in [-0.25, -0.2) is 0 Å². The van der Waals surface area contributed by atoms with Crippen LogP contribution in [-0.4, -0.2) is 42.7 Å². The van der Waals surface area contributed by atoms with E-state index in [-0.39, 0.29) is 18.4 Å². The molecule has 0 fully saturated rings. The van der Waals surface area contributed by atoms with Gasteiger partial charge in [0, 0.05) is 23.9 Å². The van der Waals surface area contributed by atoms with Crippen LogP contribution < -0.4 is 4.74 Å². The minimum Gasteiger partial charge on any atom is -0.493 e. The summed E-state index contributed by atoms with van der Waals surface area (Å²) in [5, 5.41) is 8.98. The molecule has 0 saturated carbocycles. The van der Waals surface area contributed by atoms with Crippen molar-refractivity contribution in [1.29, 1.82) is 0 Å². The second-order valence-corrected chi connectivity index (χ2v) is 6.09. The van der Waals surface area contributed by atoms with Crippen molar-refractivity contribution in [3.8, 4) is 5.75 Å². The van der Waals surface area contributed by atoms with Gasteiger partial charge in [0.1, 0.15) is 5.75 Å². The van der Waals surface area contributed by atoms with Gasteiger partial charge in [-0.2, -0.15) is 0 Å². The van der Waals surface area contributed by atoms with Crippen molar-refractivity contribution in [1.82, 2.24) is 4.90 Å². The third-order valence-corrected chi connectivity index (χ3v) is 4.29. The van der Waals surface area contributed by atoms with Crippen LogP contribution in [0.1, 0.15) is 17.0 Å². The zero-order valence-corrected chi connectivity index (χ0v) is 13.2. The van der Waals surface area contributed by atoms with Gasteiger partial charge in [-0.1, -0.05) is 48.5 Å². The molecule has 0 unspecified atom stereocenters. The van der Waals surface area contributed by atoms with Crippen LogP contribution >= 0.6 is 0 Å². The predicted octanol–water partition coefficient (Wildman–Crippen LogP) is 2.84. The van der Waals surface area contributed by atoms with Gasteiger partial charge in [0.25, 0.3) is 0 Å². The average molecular weight is 311 g/mol. The Balaban J connectivity index is 1.91. The molecule has 2 aromatic rings. The SMILES string of the molecule is CN(CC(=O)O)C[C@@H]1COc2ccccc2[C@@H]1c1ccccc1. The van der Waals surface area contributed by atoms with E-state index in [1.807, 2.05) is 48.3 Å².